The number of nitrogens with zero attached hydrogens (tertiary/aromatic N) is 6. The number of hydrogen-bond acceptors (Lipinski definition) is 6. The van der Waals surface area contributed by atoms with Crippen molar-refractivity contribution >= 4 is 28.6 Å². The van der Waals surface area contributed by atoms with Crippen LogP contribution in [-0.4, -0.2) is 68.9 Å². The number of aryl methyl sites for hydroxylation is 3. The van der Waals surface area contributed by atoms with Crippen LogP contribution >= 0.6 is 0 Å². The summed E-state index contributed by atoms with van der Waals surface area (Å²) < 4.78 is 9.37. The highest BCUT2D eigenvalue weighted by Crippen LogP contribution is 2.36. The standard InChI is InChI=1S/C27H36N6O3/c1-19-5-6-22-23(33(19)27(35)36-3)7-8-24-26(22)29-25(10-14-31-12-4-11-28-31)32(24)16-15-30-13-9-21(18-30)17-20(2)34/h4,7-8,11-12,19,21H,5-6,9-10,13-18H2,1-3H3/t19-,21-/m0/s1. The van der Waals surface area contributed by atoms with Crippen LogP contribution in [0.5, 0.6) is 0 Å². The number of ether oxygens (including phenoxy) is 1. The minimum Gasteiger partial charge on any atom is -0.452 e. The van der Waals surface area contributed by atoms with Gasteiger partial charge < -0.3 is 19.0 Å². The normalized spacial score (nSPS) is 20.1. The maximum atomic E-state index is 12.6. The molecule has 1 amide bonds. The van der Waals surface area contributed by atoms with Crippen LogP contribution in [0.25, 0.3) is 11.0 Å². The number of aromatic nitrogens is 4. The lowest BCUT2D eigenvalue weighted by Gasteiger charge is -2.34. The summed E-state index contributed by atoms with van der Waals surface area (Å²) in [5.74, 6) is 1.79. The zero-order chi connectivity index (χ0) is 25.2. The lowest BCUT2D eigenvalue weighted by molar-refractivity contribution is -0.117. The fourth-order valence-electron chi connectivity index (χ4n) is 5.87. The monoisotopic (exact) mass is 492 g/mol. The number of benzene rings is 1. The van der Waals surface area contributed by atoms with E-state index >= 15 is 0 Å². The van der Waals surface area contributed by atoms with Crippen molar-refractivity contribution in [3.8, 4) is 0 Å². The Labute approximate surface area is 212 Å². The molecular formula is C27H36N6O3. The highest BCUT2D eigenvalue weighted by Gasteiger charge is 2.31. The smallest absolute Gasteiger partial charge is 0.414 e. The fraction of sp³-hybridized carbons (Fsp3) is 0.556. The molecule has 3 aromatic rings. The van der Waals surface area contributed by atoms with E-state index < -0.39 is 0 Å². The van der Waals surface area contributed by atoms with Crippen molar-refractivity contribution in [3.63, 3.8) is 0 Å². The molecule has 9 nitrogen and oxygen atoms in total. The number of carbonyl (C=O) groups is 2. The first-order chi connectivity index (χ1) is 17.4. The minimum atomic E-state index is -0.324. The zero-order valence-electron chi connectivity index (χ0n) is 21.5. The molecule has 192 valence electrons. The number of likely N-dealkylation sites (tertiary alicyclic amines) is 1. The van der Waals surface area contributed by atoms with Gasteiger partial charge in [-0.05, 0) is 63.8 Å². The molecule has 0 spiro atoms. The number of Topliss-reactive ketones (excluding diaryl/α,β-unsaturated/α-hetero) is 1. The molecule has 0 radical (unpaired) electrons. The van der Waals surface area contributed by atoms with Crippen molar-refractivity contribution in [1.29, 1.82) is 0 Å². The highest BCUT2D eigenvalue weighted by molar-refractivity contribution is 5.95. The van der Waals surface area contributed by atoms with Gasteiger partial charge in [-0.25, -0.2) is 9.78 Å². The number of imidazole rings is 1. The first kappa shape index (κ1) is 24.5. The summed E-state index contributed by atoms with van der Waals surface area (Å²) in [5, 5.41) is 4.36. The Balaban J connectivity index is 1.44. The van der Waals surface area contributed by atoms with Crippen molar-refractivity contribution < 1.29 is 14.3 Å². The third-order valence-electron chi connectivity index (χ3n) is 7.67. The van der Waals surface area contributed by atoms with Crippen LogP contribution in [0.2, 0.25) is 0 Å². The molecule has 0 unspecified atom stereocenters. The van der Waals surface area contributed by atoms with Crippen LogP contribution in [0.1, 0.15) is 44.5 Å². The van der Waals surface area contributed by atoms with E-state index in [1.807, 2.05) is 16.9 Å². The van der Waals surface area contributed by atoms with Crippen LogP contribution in [0.4, 0.5) is 10.5 Å². The molecule has 2 aliphatic heterocycles. The van der Waals surface area contributed by atoms with Gasteiger partial charge in [0.25, 0.3) is 0 Å². The number of anilines is 1. The summed E-state index contributed by atoms with van der Waals surface area (Å²) in [6.45, 7) is 8.30. The Hall–Kier alpha value is -3.20. The lowest BCUT2D eigenvalue weighted by atomic mass is 9.96. The Morgan fingerprint density at radius 2 is 2.03 bits per heavy atom. The molecule has 9 heteroatoms. The lowest BCUT2D eigenvalue weighted by Crippen LogP contribution is -2.42. The third-order valence-corrected chi connectivity index (χ3v) is 7.67. The van der Waals surface area contributed by atoms with Gasteiger partial charge in [0.05, 0.1) is 23.8 Å². The van der Waals surface area contributed by atoms with Crippen LogP contribution in [0, 0.1) is 5.92 Å². The quantitative estimate of drug-likeness (QED) is 0.477. The molecular weight excluding hydrogens is 456 g/mol. The van der Waals surface area contributed by atoms with Gasteiger partial charge in [-0.15, -0.1) is 0 Å². The van der Waals surface area contributed by atoms with Crippen molar-refractivity contribution in [1.82, 2.24) is 24.2 Å². The van der Waals surface area contributed by atoms with Gasteiger partial charge in [-0.3, -0.25) is 9.58 Å². The Morgan fingerprint density at radius 1 is 1.17 bits per heavy atom. The molecule has 4 heterocycles. The molecule has 0 bridgehead atoms. The summed E-state index contributed by atoms with van der Waals surface area (Å²) >= 11 is 0. The number of methoxy groups -OCH3 is 1. The number of fused-ring (bicyclic) bond motifs is 3. The number of hydrogen-bond donors (Lipinski definition) is 0. The van der Waals surface area contributed by atoms with E-state index in [0.717, 1.165) is 86.5 Å². The number of ketones is 1. The zero-order valence-corrected chi connectivity index (χ0v) is 21.5. The van der Waals surface area contributed by atoms with Gasteiger partial charge in [0, 0.05) is 63.0 Å². The summed E-state index contributed by atoms with van der Waals surface area (Å²) in [6, 6.07) is 6.18. The molecule has 1 fully saturated rings. The average molecular weight is 493 g/mol. The van der Waals surface area contributed by atoms with E-state index in [0.29, 0.717) is 12.3 Å². The summed E-state index contributed by atoms with van der Waals surface area (Å²) in [7, 11) is 1.43. The van der Waals surface area contributed by atoms with Gasteiger partial charge in [-0.1, -0.05) is 0 Å². The highest BCUT2D eigenvalue weighted by atomic mass is 16.5. The number of carbonyl (C=O) groups excluding carboxylic acids is 2. The molecule has 5 rings (SSSR count). The van der Waals surface area contributed by atoms with Crippen LogP contribution in [-0.2, 0) is 35.5 Å². The molecule has 36 heavy (non-hydrogen) atoms. The minimum absolute atomic E-state index is 0.0851. The summed E-state index contributed by atoms with van der Waals surface area (Å²) in [6.07, 6.45) is 7.76. The van der Waals surface area contributed by atoms with Crippen LogP contribution in [0.15, 0.2) is 30.6 Å². The maximum Gasteiger partial charge on any atom is 0.414 e. The predicted molar refractivity (Wildman–Crippen MR) is 138 cm³/mol. The van der Waals surface area contributed by atoms with Crippen LogP contribution < -0.4 is 4.90 Å². The van der Waals surface area contributed by atoms with E-state index in [4.69, 9.17) is 9.72 Å². The van der Waals surface area contributed by atoms with Crippen LogP contribution in [0.3, 0.4) is 0 Å². The number of rotatable bonds is 8. The van der Waals surface area contributed by atoms with Gasteiger partial charge in [-0.2, -0.15) is 5.10 Å². The van der Waals surface area contributed by atoms with Crippen molar-refractivity contribution in [2.75, 3.05) is 31.6 Å². The van der Waals surface area contributed by atoms with E-state index in [1.165, 1.54) is 7.11 Å². The first-order valence-electron chi connectivity index (χ1n) is 13.0. The Kier molecular flexibility index (Phi) is 7.09. The second-order valence-electron chi connectivity index (χ2n) is 10.2. The average Bonchev–Trinajstić information content (AvgIpc) is 3.60. The predicted octanol–water partition coefficient (Wildman–Crippen LogP) is 3.68. The van der Waals surface area contributed by atoms with E-state index in [-0.39, 0.29) is 17.9 Å². The molecule has 0 N–H and O–H groups in total. The molecule has 2 aliphatic rings. The number of amides is 1. The SMILES string of the molecule is COC(=O)N1c2ccc3c(nc(CCn4cccn4)n3CCN3CC[C@@H](CC(C)=O)C3)c2CC[C@@H]1C. The Morgan fingerprint density at radius 3 is 2.78 bits per heavy atom. The molecule has 0 saturated carbocycles. The second-order valence-corrected chi connectivity index (χ2v) is 10.2. The molecule has 1 saturated heterocycles. The van der Waals surface area contributed by atoms with E-state index in [1.54, 1.807) is 18.0 Å². The van der Waals surface area contributed by atoms with Gasteiger partial charge >= 0.3 is 6.09 Å². The summed E-state index contributed by atoms with van der Waals surface area (Å²) in [5.41, 5.74) is 4.13. The molecule has 2 atom stereocenters. The summed E-state index contributed by atoms with van der Waals surface area (Å²) in [4.78, 5) is 33.5. The Bertz CT molecular complexity index is 1230. The van der Waals surface area contributed by atoms with Crippen molar-refractivity contribution in [3.05, 3.63) is 42.0 Å². The van der Waals surface area contributed by atoms with Crippen molar-refractivity contribution in [2.24, 2.45) is 5.92 Å². The van der Waals surface area contributed by atoms with E-state index in [2.05, 4.69) is 33.6 Å². The maximum absolute atomic E-state index is 12.6. The largest absolute Gasteiger partial charge is 0.452 e. The van der Waals surface area contributed by atoms with E-state index in [9.17, 15) is 9.59 Å². The molecule has 1 aromatic carbocycles. The second kappa shape index (κ2) is 10.4. The van der Waals surface area contributed by atoms with Gasteiger partial charge in [0.1, 0.15) is 11.6 Å². The van der Waals surface area contributed by atoms with Crippen molar-refractivity contribution in [2.45, 2.75) is 65.1 Å². The topological polar surface area (TPSA) is 85.5 Å². The molecule has 0 aliphatic carbocycles. The van der Waals surface area contributed by atoms with Gasteiger partial charge in [0.2, 0.25) is 0 Å². The third kappa shape index (κ3) is 4.89. The fourth-order valence-corrected chi connectivity index (χ4v) is 5.87. The van der Waals surface area contributed by atoms with Gasteiger partial charge in [0.15, 0.2) is 0 Å². The molecule has 2 aromatic heterocycles. The first-order valence-corrected chi connectivity index (χ1v) is 13.0.